The molecular weight excluding hydrogens is 356 g/mol. The SMILES string of the molecule is CCc1[nH]c(C(=O)Nc2ccc(OC(C)C)c(Cl)c2)c(C)c1C(=O)OC. The van der Waals surface area contributed by atoms with Crippen LogP contribution in [0, 0.1) is 6.92 Å². The minimum atomic E-state index is -0.465. The van der Waals surface area contributed by atoms with Crippen LogP contribution in [0.1, 0.15) is 52.9 Å². The van der Waals surface area contributed by atoms with E-state index in [0.717, 1.165) is 0 Å². The highest BCUT2D eigenvalue weighted by Crippen LogP contribution is 2.29. The molecule has 1 heterocycles. The number of ether oxygens (including phenoxy) is 2. The molecule has 140 valence electrons. The lowest BCUT2D eigenvalue weighted by Gasteiger charge is -2.12. The van der Waals surface area contributed by atoms with Crippen LogP contribution in [-0.2, 0) is 11.2 Å². The summed E-state index contributed by atoms with van der Waals surface area (Å²) in [6, 6.07) is 5.04. The van der Waals surface area contributed by atoms with Crippen molar-refractivity contribution in [3.8, 4) is 5.75 Å². The summed E-state index contributed by atoms with van der Waals surface area (Å²) in [7, 11) is 1.32. The Morgan fingerprint density at radius 1 is 1.31 bits per heavy atom. The molecule has 0 fully saturated rings. The van der Waals surface area contributed by atoms with Crippen LogP contribution >= 0.6 is 11.6 Å². The molecule has 0 aliphatic rings. The number of anilines is 1. The second kappa shape index (κ2) is 8.27. The molecule has 26 heavy (non-hydrogen) atoms. The number of nitrogens with one attached hydrogen (secondary N) is 2. The fourth-order valence-electron chi connectivity index (χ4n) is 2.65. The van der Waals surface area contributed by atoms with Crippen LogP contribution in [0.3, 0.4) is 0 Å². The summed E-state index contributed by atoms with van der Waals surface area (Å²) in [5, 5.41) is 3.19. The minimum Gasteiger partial charge on any atom is -0.489 e. The Morgan fingerprint density at radius 2 is 2.00 bits per heavy atom. The number of methoxy groups -OCH3 is 1. The molecule has 0 atom stereocenters. The molecule has 1 aromatic carbocycles. The zero-order chi connectivity index (χ0) is 19.4. The number of rotatable bonds is 6. The molecule has 0 saturated carbocycles. The Labute approximate surface area is 157 Å². The molecule has 2 rings (SSSR count). The van der Waals surface area contributed by atoms with Crippen LogP contribution in [0.15, 0.2) is 18.2 Å². The number of hydrogen-bond donors (Lipinski definition) is 2. The quantitative estimate of drug-likeness (QED) is 0.731. The summed E-state index contributed by atoms with van der Waals surface area (Å²) < 4.78 is 10.4. The van der Waals surface area contributed by atoms with Gasteiger partial charge in [0.2, 0.25) is 0 Å². The largest absolute Gasteiger partial charge is 0.489 e. The van der Waals surface area contributed by atoms with Crippen molar-refractivity contribution in [3.63, 3.8) is 0 Å². The number of amides is 1. The van der Waals surface area contributed by atoms with Gasteiger partial charge >= 0.3 is 5.97 Å². The first-order valence-corrected chi connectivity index (χ1v) is 8.73. The second-order valence-electron chi connectivity index (χ2n) is 6.09. The number of carbonyl (C=O) groups is 2. The van der Waals surface area contributed by atoms with Gasteiger partial charge in [0.05, 0.1) is 23.8 Å². The fourth-order valence-corrected chi connectivity index (χ4v) is 2.88. The maximum Gasteiger partial charge on any atom is 0.339 e. The summed E-state index contributed by atoms with van der Waals surface area (Å²) in [5.41, 5.74) is 2.47. The molecular formula is C19H23ClN2O4. The van der Waals surface area contributed by atoms with E-state index in [1.807, 2.05) is 20.8 Å². The van der Waals surface area contributed by atoms with E-state index in [2.05, 4.69) is 10.3 Å². The van der Waals surface area contributed by atoms with Gasteiger partial charge in [-0.15, -0.1) is 0 Å². The van der Waals surface area contributed by atoms with Crippen molar-refractivity contribution in [3.05, 3.63) is 45.7 Å². The van der Waals surface area contributed by atoms with Crippen molar-refractivity contribution < 1.29 is 19.1 Å². The smallest absolute Gasteiger partial charge is 0.339 e. The zero-order valence-corrected chi connectivity index (χ0v) is 16.3. The molecule has 0 aliphatic heterocycles. The van der Waals surface area contributed by atoms with Crippen LogP contribution in [0.4, 0.5) is 5.69 Å². The summed E-state index contributed by atoms with van der Waals surface area (Å²) in [6.07, 6.45) is 0.574. The summed E-state index contributed by atoms with van der Waals surface area (Å²) in [5.74, 6) is -0.272. The third-order valence-electron chi connectivity index (χ3n) is 3.85. The molecule has 2 N–H and O–H groups in total. The molecule has 0 radical (unpaired) electrons. The van der Waals surface area contributed by atoms with E-state index >= 15 is 0 Å². The topological polar surface area (TPSA) is 80.4 Å². The van der Waals surface area contributed by atoms with Crippen molar-refractivity contribution in [2.75, 3.05) is 12.4 Å². The van der Waals surface area contributed by atoms with Gasteiger partial charge < -0.3 is 19.8 Å². The predicted molar refractivity (Wildman–Crippen MR) is 101 cm³/mol. The first-order chi connectivity index (χ1) is 12.3. The Balaban J connectivity index is 2.27. The molecule has 6 nitrogen and oxygen atoms in total. The molecule has 0 saturated heterocycles. The number of H-pyrrole nitrogens is 1. The van der Waals surface area contributed by atoms with Crippen molar-refractivity contribution >= 4 is 29.2 Å². The van der Waals surface area contributed by atoms with Gasteiger partial charge in [-0.05, 0) is 51.0 Å². The molecule has 0 spiro atoms. The van der Waals surface area contributed by atoms with E-state index in [4.69, 9.17) is 21.1 Å². The number of benzene rings is 1. The van der Waals surface area contributed by atoms with Gasteiger partial charge in [0, 0.05) is 11.4 Å². The van der Waals surface area contributed by atoms with Crippen LogP contribution in [0.2, 0.25) is 5.02 Å². The maximum atomic E-state index is 12.6. The first kappa shape index (κ1) is 19.8. The van der Waals surface area contributed by atoms with Gasteiger partial charge in [0.15, 0.2) is 0 Å². The van der Waals surface area contributed by atoms with Crippen LogP contribution in [0.5, 0.6) is 5.75 Å². The number of aryl methyl sites for hydroxylation is 1. The number of carbonyl (C=O) groups excluding carboxylic acids is 2. The minimum absolute atomic E-state index is 0.00119. The molecule has 2 aromatic rings. The number of aromatic nitrogens is 1. The monoisotopic (exact) mass is 378 g/mol. The average molecular weight is 379 g/mol. The van der Waals surface area contributed by atoms with Crippen molar-refractivity contribution in [2.24, 2.45) is 0 Å². The van der Waals surface area contributed by atoms with Crippen molar-refractivity contribution in [1.82, 2.24) is 4.98 Å². The number of aromatic amines is 1. The average Bonchev–Trinajstić information content (AvgIpc) is 2.93. The fraction of sp³-hybridized carbons (Fsp3) is 0.368. The lowest BCUT2D eigenvalue weighted by atomic mass is 10.1. The Morgan fingerprint density at radius 3 is 2.54 bits per heavy atom. The van der Waals surface area contributed by atoms with E-state index in [9.17, 15) is 9.59 Å². The molecule has 1 amide bonds. The Hall–Kier alpha value is -2.47. The molecule has 0 unspecified atom stereocenters. The van der Waals surface area contributed by atoms with E-state index in [1.54, 1.807) is 25.1 Å². The van der Waals surface area contributed by atoms with Gasteiger partial charge in [0.25, 0.3) is 5.91 Å². The van der Waals surface area contributed by atoms with Crippen LogP contribution in [-0.4, -0.2) is 30.1 Å². The summed E-state index contributed by atoms with van der Waals surface area (Å²) >= 11 is 6.20. The number of hydrogen-bond acceptors (Lipinski definition) is 4. The second-order valence-corrected chi connectivity index (χ2v) is 6.50. The van der Waals surface area contributed by atoms with Crippen LogP contribution in [0.25, 0.3) is 0 Å². The van der Waals surface area contributed by atoms with Crippen LogP contribution < -0.4 is 10.1 Å². The maximum absolute atomic E-state index is 12.6. The molecule has 0 aliphatic carbocycles. The summed E-state index contributed by atoms with van der Waals surface area (Å²) in [4.78, 5) is 27.6. The lowest BCUT2D eigenvalue weighted by molar-refractivity contribution is 0.0599. The standard InChI is InChI=1S/C19H23ClN2O4/c1-6-14-16(19(24)25-5)11(4)17(22-14)18(23)21-12-7-8-15(13(20)9-12)26-10(2)3/h7-10,22H,6H2,1-5H3,(H,21,23). The normalized spacial score (nSPS) is 10.7. The van der Waals surface area contributed by atoms with E-state index in [-0.39, 0.29) is 12.0 Å². The van der Waals surface area contributed by atoms with Crippen molar-refractivity contribution in [1.29, 1.82) is 0 Å². The highest BCUT2D eigenvalue weighted by atomic mass is 35.5. The predicted octanol–water partition coefficient (Wildman–Crippen LogP) is 4.37. The van der Waals surface area contributed by atoms with Gasteiger partial charge in [-0.3, -0.25) is 4.79 Å². The molecule has 1 aromatic heterocycles. The van der Waals surface area contributed by atoms with E-state index in [1.165, 1.54) is 7.11 Å². The highest BCUT2D eigenvalue weighted by Gasteiger charge is 2.23. The third-order valence-corrected chi connectivity index (χ3v) is 4.15. The van der Waals surface area contributed by atoms with Gasteiger partial charge in [-0.2, -0.15) is 0 Å². The highest BCUT2D eigenvalue weighted by molar-refractivity contribution is 6.32. The Bertz CT molecular complexity index is 827. The zero-order valence-electron chi connectivity index (χ0n) is 15.5. The number of esters is 1. The third kappa shape index (κ3) is 4.19. The van der Waals surface area contributed by atoms with E-state index < -0.39 is 5.97 Å². The van der Waals surface area contributed by atoms with Crippen molar-refractivity contribution in [2.45, 2.75) is 40.2 Å². The van der Waals surface area contributed by atoms with E-state index in [0.29, 0.717) is 45.4 Å². The molecule has 0 bridgehead atoms. The first-order valence-electron chi connectivity index (χ1n) is 8.35. The van der Waals surface area contributed by atoms with Gasteiger partial charge in [-0.25, -0.2) is 4.79 Å². The lowest BCUT2D eigenvalue weighted by Crippen LogP contribution is -2.14. The molecule has 7 heteroatoms. The Kier molecular flexibility index (Phi) is 6.32. The van der Waals surface area contributed by atoms with Gasteiger partial charge in [-0.1, -0.05) is 18.5 Å². The van der Waals surface area contributed by atoms with Gasteiger partial charge in [0.1, 0.15) is 11.4 Å². The number of halogens is 1. The summed E-state index contributed by atoms with van der Waals surface area (Å²) in [6.45, 7) is 7.42.